The van der Waals surface area contributed by atoms with Gasteiger partial charge in [0, 0.05) is 25.3 Å². The molecule has 5 aliphatic rings. The first-order valence-electron chi connectivity index (χ1n) is 12.9. The molecule has 0 amide bonds. The van der Waals surface area contributed by atoms with E-state index in [1.165, 1.54) is 13.8 Å². The highest BCUT2D eigenvalue weighted by molar-refractivity contribution is 5.85. The van der Waals surface area contributed by atoms with E-state index < -0.39 is 17.8 Å². The summed E-state index contributed by atoms with van der Waals surface area (Å²) >= 11 is 0. The summed E-state index contributed by atoms with van der Waals surface area (Å²) in [4.78, 5) is 35.4. The van der Waals surface area contributed by atoms with Gasteiger partial charge in [0.25, 0.3) is 0 Å². The molecule has 4 fully saturated rings. The Morgan fingerprint density at radius 1 is 1.00 bits per heavy atom. The molecule has 1 aliphatic heterocycles. The Hall–Kier alpha value is -1.89. The molecule has 0 aromatic heterocycles. The molecule has 0 spiro atoms. The van der Waals surface area contributed by atoms with E-state index in [2.05, 4.69) is 13.8 Å². The van der Waals surface area contributed by atoms with Crippen molar-refractivity contribution in [2.75, 3.05) is 6.61 Å². The van der Waals surface area contributed by atoms with E-state index in [9.17, 15) is 19.5 Å². The lowest BCUT2D eigenvalue weighted by Crippen LogP contribution is -2.63. The van der Waals surface area contributed by atoms with Gasteiger partial charge in [-0.3, -0.25) is 9.59 Å². The highest BCUT2D eigenvalue weighted by Gasteiger charge is 2.68. The quantitative estimate of drug-likeness (QED) is 0.492. The highest BCUT2D eigenvalue weighted by Crippen LogP contribution is 2.70. The molecule has 4 saturated carbocycles. The molecule has 1 heterocycles. The van der Waals surface area contributed by atoms with Gasteiger partial charge in [-0.15, -0.1) is 0 Å². The largest absolute Gasteiger partial charge is 0.459 e. The summed E-state index contributed by atoms with van der Waals surface area (Å²) in [5.74, 6) is 0.0445. The molecular formula is C27H38O7. The minimum atomic E-state index is -0.787. The van der Waals surface area contributed by atoms with Crippen molar-refractivity contribution in [3.63, 3.8) is 0 Å². The average molecular weight is 475 g/mol. The predicted molar refractivity (Wildman–Crippen MR) is 122 cm³/mol. The Morgan fingerprint density at radius 3 is 2.35 bits per heavy atom. The van der Waals surface area contributed by atoms with Crippen molar-refractivity contribution < 1.29 is 33.7 Å². The van der Waals surface area contributed by atoms with Crippen LogP contribution in [0.15, 0.2) is 11.6 Å². The maximum Gasteiger partial charge on any atom is 0.331 e. The fraction of sp³-hybridized carbons (Fsp3) is 0.815. The second kappa shape index (κ2) is 8.07. The molecular weight excluding hydrogens is 436 g/mol. The summed E-state index contributed by atoms with van der Waals surface area (Å²) in [6.45, 7) is 7.69. The minimum Gasteiger partial charge on any atom is -0.459 e. The van der Waals surface area contributed by atoms with Gasteiger partial charge in [0.05, 0.1) is 5.60 Å². The van der Waals surface area contributed by atoms with Crippen molar-refractivity contribution >= 4 is 17.9 Å². The van der Waals surface area contributed by atoms with Crippen molar-refractivity contribution in [2.24, 2.45) is 34.5 Å². The normalized spacial score (nSPS) is 47.6. The molecule has 4 aliphatic carbocycles. The zero-order chi connectivity index (χ0) is 24.5. The zero-order valence-corrected chi connectivity index (χ0v) is 20.8. The van der Waals surface area contributed by atoms with Gasteiger partial charge in [-0.25, -0.2) is 4.79 Å². The van der Waals surface area contributed by atoms with Crippen LogP contribution >= 0.6 is 0 Å². The van der Waals surface area contributed by atoms with Crippen LogP contribution in [0.25, 0.3) is 0 Å². The topological polar surface area (TPSA) is 99.1 Å². The van der Waals surface area contributed by atoms with Crippen LogP contribution in [0, 0.1) is 34.5 Å². The molecule has 0 radical (unpaired) electrons. The smallest absolute Gasteiger partial charge is 0.331 e. The van der Waals surface area contributed by atoms with E-state index in [0.717, 1.165) is 44.1 Å². The van der Waals surface area contributed by atoms with E-state index >= 15 is 0 Å². The number of rotatable bonds is 3. The van der Waals surface area contributed by atoms with E-state index in [-0.39, 0.29) is 40.6 Å². The van der Waals surface area contributed by atoms with E-state index in [4.69, 9.17) is 14.2 Å². The van der Waals surface area contributed by atoms with E-state index in [0.29, 0.717) is 31.3 Å². The van der Waals surface area contributed by atoms with Gasteiger partial charge in [-0.05, 0) is 86.0 Å². The fourth-order valence-corrected chi connectivity index (χ4v) is 9.06. The van der Waals surface area contributed by atoms with Crippen LogP contribution in [0.1, 0.15) is 79.1 Å². The molecule has 9 atom stereocenters. The summed E-state index contributed by atoms with van der Waals surface area (Å²) in [6, 6.07) is 0. The Kier molecular flexibility index (Phi) is 5.66. The number of fused-ring (bicyclic) bond motifs is 5. The predicted octanol–water partition coefficient (Wildman–Crippen LogP) is 3.72. The number of hydrogen-bond acceptors (Lipinski definition) is 7. The number of carbonyl (C=O) groups excluding carboxylic acids is 3. The average Bonchev–Trinajstić information content (AvgIpc) is 3.28. The maximum absolute atomic E-state index is 12.3. The molecule has 0 aromatic carbocycles. The monoisotopic (exact) mass is 474 g/mol. The number of aliphatic hydroxyl groups is 1. The third-order valence-electron chi connectivity index (χ3n) is 10.6. The molecule has 34 heavy (non-hydrogen) atoms. The lowest BCUT2D eigenvalue weighted by atomic mass is 9.43. The molecule has 7 nitrogen and oxygen atoms in total. The lowest BCUT2D eigenvalue weighted by Gasteiger charge is -2.64. The van der Waals surface area contributed by atoms with Gasteiger partial charge in [0.1, 0.15) is 18.8 Å². The Morgan fingerprint density at radius 2 is 1.71 bits per heavy atom. The standard InChI is InChI=1S/C27H38O7/c1-15(28)33-22-12-18-5-6-21-20(25(18,3)13-23(22)34-16(2)29)7-9-26(4)19(8-10-27(21,26)31)17-11-24(30)32-14-17/h11,18-23,31H,5-10,12-14H2,1-4H3/t18-,19+,20-,21+,22+,23+,25-,26+,27-/m0/s1. The van der Waals surface area contributed by atoms with Crippen LogP contribution in [0.2, 0.25) is 0 Å². The number of carbonyl (C=O) groups is 3. The molecule has 5 rings (SSSR count). The van der Waals surface area contributed by atoms with Crippen LogP contribution in [0.5, 0.6) is 0 Å². The second-order valence-corrected chi connectivity index (χ2v) is 12.0. The summed E-state index contributed by atoms with van der Waals surface area (Å²) in [7, 11) is 0. The molecule has 1 N–H and O–H groups in total. The summed E-state index contributed by atoms with van der Waals surface area (Å²) < 4.78 is 16.5. The number of esters is 3. The van der Waals surface area contributed by atoms with Gasteiger partial charge in [0.15, 0.2) is 0 Å². The van der Waals surface area contributed by atoms with E-state index in [1.54, 1.807) is 6.08 Å². The summed E-state index contributed by atoms with van der Waals surface area (Å²) in [6.07, 6.45) is 7.57. The van der Waals surface area contributed by atoms with Crippen LogP contribution in [0.4, 0.5) is 0 Å². The SMILES string of the molecule is CC(=O)O[C@@H]1C[C@@H]2CC[C@@H]3[C@H](CC[C@]4(C)[C@@H](C5=CC(=O)OC5)CC[C@]34O)[C@@]2(C)C[C@H]1OC(C)=O. The molecule has 188 valence electrons. The first-order valence-corrected chi connectivity index (χ1v) is 12.9. The van der Waals surface area contributed by atoms with Gasteiger partial charge in [-0.1, -0.05) is 13.8 Å². The van der Waals surface area contributed by atoms with Gasteiger partial charge in [-0.2, -0.15) is 0 Å². The van der Waals surface area contributed by atoms with Crippen molar-refractivity contribution in [1.29, 1.82) is 0 Å². The Balaban J connectivity index is 1.43. The minimum absolute atomic E-state index is 0.0967. The molecule has 0 bridgehead atoms. The van der Waals surface area contributed by atoms with Crippen molar-refractivity contribution in [2.45, 2.75) is 96.9 Å². The van der Waals surface area contributed by atoms with Crippen LogP contribution < -0.4 is 0 Å². The van der Waals surface area contributed by atoms with Crippen molar-refractivity contribution in [3.8, 4) is 0 Å². The van der Waals surface area contributed by atoms with Crippen LogP contribution in [0.3, 0.4) is 0 Å². The third-order valence-corrected chi connectivity index (χ3v) is 10.6. The van der Waals surface area contributed by atoms with Crippen molar-refractivity contribution in [1.82, 2.24) is 0 Å². The fourth-order valence-electron chi connectivity index (χ4n) is 9.06. The van der Waals surface area contributed by atoms with Gasteiger partial charge < -0.3 is 19.3 Å². The van der Waals surface area contributed by atoms with Crippen LogP contribution in [-0.4, -0.2) is 47.4 Å². The van der Waals surface area contributed by atoms with Gasteiger partial charge in [0.2, 0.25) is 0 Å². The maximum atomic E-state index is 12.3. The van der Waals surface area contributed by atoms with E-state index in [1.807, 2.05) is 0 Å². The molecule has 0 unspecified atom stereocenters. The zero-order valence-electron chi connectivity index (χ0n) is 20.8. The Bertz CT molecular complexity index is 926. The van der Waals surface area contributed by atoms with Gasteiger partial charge >= 0.3 is 17.9 Å². The summed E-state index contributed by atoms with van der Waals surface area (Å²) in [5.41, 5.74) is -0.120. The highest BCUT2D eigenvalue weighted by atomic mass is 16.6. The third kappa shape index (κ3) is 3.44. The van der Waals surface area contributed by atoms with Crippen LogP contribution in [-0.2, 0) is 28.6 Å². The Labute approximate surface area is 201 Å². The van der Waals surface area contributed by atoms with Crippen molar-refractivity contribution in [3.05, 3.63) is 11.6 Å². The molecule has 7 heteroatoms. The first-order chi connectivity index (χ1) is 16.0. The molecule has 0 aromatic rings. The number of cyclic esters (lactones) is 1. The second-order valence-electron chi connectivity index (χ2n) is 12.0. The summed E-state index contributed by atoms with van der Waals surface area (Å²) in [5, 5.41) is 12.3. The number of hydrogen-bond donors (Lipinski definition) is 1. The first kappa shape index (κ1) is 23.8. The number of ether oxygens (including phenoxy) is 3. The molecule has 0 saturated heterocycles. The lowest BCUT2D eigenvalue weighted by molar-refractivity contribution is -0.225.